The van der Waals surface area contributed by atoms with E-state index in [4.69, 9.17) is 15.6 Å². The highest BCUT2D eigenvalue weighted by molar-refractivity contribution is 6.04. The molecule has 2 aliphatic rings. The van der Waals surface area contributed by atoms with Gasteiger partial charge in [0, 0.05) is 25.2 Å². The number of nitrogens with one attached hydrogen (secondary N) is 1. The van der Waals surface area contributed by atoms with E-state index < -0.39 is 5.91 Å². The minimum Gasteiger partial charge on any atom is -0.457 e. The van der Waals surface area contributed by atoms with Crippen LogP contribution in [0, 0.1) is 5.92 Å². The molecule has 5 rings (SSSR count). The van der Waals surface area contributed by atoms with Crippen LogP contribution in [0.3, 0.4) is 0 Å². The minimum absolute atomic E-state index is 0.0206. The number of primary amides is 1. The van der Waals surface area contributed by atoms with Crippen molar-refractivity contribution in [3.8, 4) is 22.8 Å². The Hall–Kier alpha value is -4.07. The van der Waals surface area contributed by atoms with Crippen molar-refractivity contribution in [3.05, 3.63) is 72.3 Å². The molecule has 0 spiro atoms. The second kappa shape index (κ2) is 10.7. The van der Waals surface area contributed by atoms with E-state index in [0.29, 0.717) is 36.1 Å². The third kappa shape index (κ3) is 4.90. The van der Waals surface area contributed by atoms with Gasteiger partial charge in [0.25, 0.3) is 5.91 Å². The van der Waals surface area contributed by atoms with Gasteiger partial charge in [-0.2, -0.15) is 5.10 Å². The van der Waals surface area contributed by atoms with Crippen LogP contribution in [0.1, 0.15) is 61.0 Å². The molecule has 2 aromatic carbocycles. The number of nitrogens with two attached hydrogens (primary N) is 1. The highest BCUT2D eigenvalue weighted by Gasteiger charge is 2.36. The van der Waals surface area contributed by atoms with Crippen molar-refractivity contribution >= 4 is 17.6 Å². The van der Waals surface area contributed by atoms with Crippen LogP contribution >= 0.6 is 0 Å². The number of carbonyl (C=O) groups is 2. The number of ether oxygens (including phenoxy) is 1. The van der Waals surface area contributed by atoms with Crippen LogP contribution in [0.2, 0.25) is 0 Å². The number of hydrogen-bond donors (Lipinski definition) is 2. The van der Waals surface area contributed by atoms with E-state index in [0.717, 1.165) is 48.4 Å². The van der Waals surface area contributed by atoms with Gasteiger partial charge in [0.1, 0.15) is 28.6 Å². The molecule has 0 radical (unpaired) electrons. The zero-order chi connectivity index (χ0) is 26.8. The number of fused-ring (bicyclic) bond motifs is 1. The van der Waals surface area contributed by atoms with Gasteiger partial charge in [0.05, 0.1) is 6.04 Å². The van der Waals surface area contributed by atoms with Crippen LogP contribution in [-0.4, -0.2) is 46.1 Å². The van der Waals surface area contributed by atoms with Crippen molar-refractivity contribution in [2.75, 3.05) is 25.0 Å². The van der Waals surface area contributed by atoms with Crippen molar-refractivity contribution in [3.63, 3.8) is 0 Å². The summed E-state index contributed by atoms with van der Waals surface area (Å²) >= 11 is 0. The Labute approximate surface area is 223 Å². The first-order chi connectivity index (χ1) is 18.4. The zero-order valence-electron chi connectivity index (χ0n) is 22.0. The van der Waals surface area contributed by atoms with Crippen LogP contribution in [0.15, 0.2) is 61.2 Å². The first-order valence-corrected chi connectivity index (χ1v) is 13.3. The molecule has 8 heteroatoms. The number of likely N-dealkylation sites (tertiary alicyclic amines) is 1. The predicted molar refractivity (Wildman–Crippen MR) is 148 cm³/mol. The summed E-state index contributed by atoms with van der Waals surface area (Å²) in [4.78, 5) is 26.7. The molecule has 38 heavy (non-hydrogen) atoms. The predicted octanol–water partition coefficient (Wildman–Crippen LogP) is 5.35. The molecule has 2 amide bonds. The number of benzene rings is 2. The Kier molecular flexibility index (Phi) is 7.22. The number of hydrogen-bond acceptors (Lipinski definition) is 5. The molecule has 3 heterocycles. The van der Waals surface area contributed by atoms with E-state index in [9.17, 15) is 9.59 Å². The molecule has 1 unspecified atom stereocenters. The van der Waals surface area contributed by atoms with Crippen LogP contribution in [0.25, 0.3) is 11.3 Å². The van der Waals surface area contributed by atoms with Crippen LogP contribution in [-0.2, 0) is 4.79 Å². The summed E-state index contributed by atoms with van der Waals surface area (Å²) in [6.45, 7) is 9.98. The summed E-state index contributed by atoms with van der Waals surface area (Å²) in [5.41, 5.74) is 8.89. The Bertz CT molecular complexity index is 1340. The number of piperidine rings is 1. The first kappa shape index (κ1) is 25.6. The van der Waals surface area contributed by atoms with Gasteiger partial charge in [0.2, 0.25) is 5.91 Å². The van der Waals surface area contributed by atoms with Crippen LogP contribution in [0.5, 0.6) is 11.5 Å². The molecule has 1 atom stereocenters. The van der Waals surface area contributed by atoms with E-state index in [-0.39, 0.29) is 17.9 Å². The summed E-state index contributed by atoms with van der Waals surface area (Å²) in [6, 6.07) is 15.7. The van der Waals surface area contributed by atoms with Crippen molar-refractivity contribution in [1.29, 1.82) is 0 Å². The molecular formula is C30H35N5O3. The molecule has 2 aliphatic heterocycles. The Morgan fingerprint density at radius 2 is 1.84 bits per heavy atom. The molecule has 8 nitrogen and oxygen atoms in total. The lowest BCUT2D eigenvalue weighted by atomic mass is 9.87. The van der Waals surface area contributed by atoms with Crippen LogP contribution in [0.4, 0.5) is 5.82 Å². The van der Waals surface area contributed by atoms with E-state index in [1.54, 1.807) is 0 Å². The van der Waals surface area contributed by atoms with Crippen molar-refractivity contribution in [2.45, 2.75) is 45.1 Å². The topological polar surface area (TPSA) is 102 Å². The average Bonchev–Trinajstić information content (AvgIpc) is 3.33. The van der Waals surface area contributed by atoms with Gasteiger partial charge < -0.3 is 20.7 Å². The molecule has 198 valence electrons. The normalized spacial score (nSPS) is 17.6. The standard InChI is InChI=1S/C30H35N5O3/c1-4-26(36)34-16-13-20(14-17-34)25-12-15-32-30-27(29(31)37)28(33-35(25)30)23-11-10-22(18-24(23)19(2)3)38-21-8-6-5-7-9-21/h4-11,18-20,25,32H,1,12-17H2,2-3H3,(H2,31,37). The van der Waals surface area contributed by atoms with Crippen molar-refractivity contribution in [1.82, 2.24) is 14.7 Å². The number of anilines is 1. The van der Waals surface area contributed by atoms with Gasteiger partial charge in [-0.1, -0.05) is 38.6 Å². The molecule has 1 aromatic heterocycles. The van der Waals surface area contributed by atoms with Gasteiger partial charge in [-0.05, 0) is 73.1 Å². The van der Waals surface area contributed by atoms with Gasteiger partial charge in [-0.3, -0.25) is 9.59 Å². The smallest absolute Gasteiger partial charge is 0.254 e. The molecule has 0 aliphatic carbocycles. The lowest BCUT2D eigenvalue weighted by molar-refractivity contribution is -0.127. The zero-order valence-corrected chi connectivity index (χ0v) is 22.0. The highest BCUT2D eigenvalue weighted by Crippen LogP contribution is 2.42. The number of rotatable bonds is 7. The van der Waals surface area contributed by atoms with E-state index in [1.165, 1.54) is 6.08 Å². The Morgan fingerprint density at radius 3 is 2.50 bits per heavy atom. The van der Waals surface area contributed by atoms with Gasteiger partial charge in [-0.15, -0.1) is 0 Å². The fourth-order valence-electron chi connectivity index (χ4n) is 5.72. The Balaban J connectivity index is 1.50. The summed E-state index contributed by atoms with van der Waals surface area (Å²) in [7, 11) is 0. The third-order valence-corrected chi connectivity index (χ3v) is 7.65. The third-order valence-electron chi connectivity index (χ3n) is 7.65. The maximum Gasteiger partial charge on any atom is 0.254 e. The average molecular weight is 514 g/mol. The van der Waals surface area contributed by atoms with Gasteiger partial charge in [0.15, 0.2) is 0 Å². The summed E-state index contributed by atoms with van der Waals surface area (Å²) in [5.74, 6) is 2.17. The van der Waals surface area contributed by atoms with E-state index in [1.807, 2.05) is 58.1 Å². The fraction of sp³-hybridized carbons (Fsp3) is 0.367. The van der Waals surface area contributed by atoms with Gasteiger partial charge in [-0.25, -0.2) is 4.68 Å². The van der Waals surface area contributed by atoms with E-state index >= 15 is 0 Å². The summed E-state index contributed by atoms with van der Waals surface area (Å²) in [5, 5.41) is 8.44. The second-order valence-electron chi connectivity index (χ2n) is 10.3. The molecule has 3 aromatic rings. The highest BCUT2D eigenvalue weighted by atomic mass is 16.5. The second-order valence-corrected chi connectivity index (χ2v) is 10.3. The number of nitrogens with zero attached hydrogens (tertiary/aromatic N) is 3. The van der Waals surface area contributed by atoms with Crippen molar-refractivity contribution < 1.29 is 14.3 Å². The number of para-hydroxylation sites is 1. The number of carbonyl (C=O) groups excluding carboxylic acids is 2. The Morgan fingerprint density at radius 1 is 1.11 bits per heavy atom. The lowest BCUT2D eigenvalue weighted by Crippen LogP contribution is -2.41. The van der Waals surface area contributed by atoms with Gasteiger partial charge >= 0.3 is 0 Å². The SMILES string of the molecule is C=CC(=O)N1CCC(C2CCNc3c(C(N)=O)c(-c4ccc(Oc5ccccc5)cc4C(C)C)nn32)CC1. The monoisotopic (exact) mass is 513 g/mol. The molecule has 3 N–H and O–H groups in total. The number of amides is 2. The van der Waals surface area contributed by atoms with E-state index in [2.05, 4.69) is 25.7 Å². The maximum absolute atomic E-state index is 12.8. The molecular weight excluding hydrogens is 478 g/mol. The largest absolute Gasteiger partial charge is 0.457 e. The van der Waals surface area contributed by atoms with Crippen LogP contribution < -0.4 is 15.8 Å². The molecule has 1 saturated heterocycles. The summed E-state index contributed by atoms with van der Waals surface area (Å²) < 4.78 is 8.06. The lowest BCUT2D eigenvalue weighted by Gasteiger charge is -2.38. The summed E-state index contributed by atoms with van der Waals surface area (Å²) in [6.07, 6.45) is 4.04. The first-order valence-electron chi connectivity index (χ1n) is 13.3. The fourth-order valence-corrected chi connectivity index (χ4v) is 5.72. The minimum atomic E-state index is -0.500. The molecule has 1 fully saturated rings. The molecule has 0 bridgehead atoms. The maximum atomic E-state index is 12.8. The number of aromatic nitrogens is 2. The van der Waals surface area contributed by atoms with Crippen molar-refractivity contribution in [2.24, 2.45) is 11.7 Å². The quantitative estimate of drug-likeness (QED) is 0.415. The molecule has 0 saturated carbocycles.